The number of rotatable bonds is 6. The van der Waals surface area contributed by atoms with Crippen LogP contribution >= 0.6 is 15.9 Å². The molecule has 0 aliphatic heterocycles. The number of benzene rings is 2. The minimum absolute atomic E-state index is 0.231. The topological polar surface area (TPSA) is 89.8 Å². The van der Waals surface area contributed by atoms with Gasteiger partial charge in [0.1, 0.15) is 5.56 Å². The Hall–Kier alpha value is -3.00. The van der Waals surface area contributed by atoms with Crippen LogP contribution in [0.15, 0.2) is 65.0 Å². The van der Waals surface area contributed by atoms with Gasteiger partial charge in [-0.1, -0.05) is 28.1 Å². The Morgan fingerprint density at radius 3 is 2.31 bits per heavy atom. The number of hydrogen-bond donors (Lipinski definition) is 0. The number of allylic oxidation sites excluding steroid dienone is 1. The van der Waals surface area contributed by atoms with E-state index in [0.29, 0.717) is 5.56 Å². The fraction of sp³-hybridized carbons (Fsp3) is 0.111. The van der Waals surface area contributed by atoms with Crippen LogP contribution in [0.5, 0.6) is 0 Å². The highest BCUT2D eigenvalue weighted by atomic mass is 79.9. The Balaban J connectivity index is 2.35. The van der Waals surface area contributed by atoms with Crippen LogP contribution in [0.25, 0.3) is 0 Å². The summed E-state index contributed by atoms with van der Waals surface area (Å²) in [5.74, 6) is -1.73. The first-order chi connectivity index (χ1) is 12.3. The zero-order valence-corrected chi connectivity index (χ0v) is 15.6. The van der Waals surface area contributed by atoms with E-state index in [4.69, 9.17) is 4.74 Å². The van der Waals surface area contributed by atoms with E-state index in [1.165, 1.54) is 30.5 Å². The van der Waals surface area contributed by atoms with Crippen molar-refractivity contribution in [3.05, 3.63) is 86.2 Å². The lowest BCUT2D eigenvalue weighted by molar-refractivity contribution is -0.385. The highest BCUT2D eigenvalue weighted by molar-refractivity contribution is 9.10. The largest absolute Gasteiger partial charge is 0.417 e. The summed E-state index contributed by atoms with van der Waals surface area (Å²) in [5.41, 5.74) is -0.305. The molecule has 26 heavy (non-hydrogen) atoms. The molecule has 0 unspecified atom stereocenters. The van der Waals surface area contributed by atoms with Crippen LogP contribution in [0, 0.1) is 10.1 Å². The lowest BCUT2D eigenvalue weighted by atomic mass is 10.1. The number of nitrogens with zero attached hydrogens (tertiary/aromatic N) is 2. The monoisotopic (exact) mass is 418 g/mol. The van der Waals surface area contributed by atoms with E-state index in [1.54, 1.807) is 43.3 Å². The van der Waals surface area contributed by atoms with E-state index in [1.807, 2.05) is 0 Å². The van der Waals surface area contributed by atoms with Crippen molar-refractivity contribution in [3.63, 3.8) is 0 Å². The van der Waals surface area contributed by atoms with E-state index in [9.17, 15) is 19.7 Å². The average Bonchev–Trinajstić information content (AvgIpc) is 2.60. The molecule has 0 bridgehead atoms. The van der Waals surface area contributed by atoms with Gasteiger partial charge in [-0.25, -0.2) is 4.79 Å². The number of halogens is 1. The summed E-state index contributed by atoms with van der Waals surface area (Å²) in [6, 6.07) is 11.9. The van der Waals surface area contributed by atoms with Crippen LogP contribution in [0.2, 0.25) is 0 Å². The second-order valence-electron chi connectivity index (χ2n) is 5.46. The minimum Gasteiger partial charge on any atom is -0.417 e. The molecule has 0 aliphatic carbocycles. The summed E-state index contributed by atoms with van der Waals surface area (Å²) >= 11 is 3.28. The Morgan fingerprint density at radius 2 is 1.73 bits per heavy atom. The number of hydrogen-bond acceptors (Lipinski definition) is 6. The number of Topliss-reactive ketones (excluding diaryl/α,β-unsaturated/α-hetero) is 1. The van der Waals surface area contributed by atoms with E-state index >= 15 is 0 Å². The lowest BCUT2D eigenvalue weighted by Gasteiger charge is -2.12. The fourth-order valence-corrected chi connectivity index (χ4v) is 2.33. The molecular formula is C18H15BrN2O5. The molecule has 7 nitrogen and oxygen atoms in total. The van der Waals surface area contributed by atoms with Gasteiger partial charge in [0.15, 0.2) is 5.76 Å². The molecule has 0 fully saturated rings. The van der Waals surface area contributed by atoms with Crippen molar-refractivity contribution in [2.75, 3.05) is 14.1 Å². The van der Waals surface area contributed by atoms with Crippen LogP contribution < -0.4 is 0 Å². The molecule has 0 heterocycles. The third-order valence-corrected chi connectivity index (χ3v) is 3.76. The molecule has 134 valence electrons. The van der Waals surface area contributed by atoms with Crippen LogP contribution in [0.4, 0.5) is 5.69 Å². The molecule has 0 radical (unpaired) electrons. The van der Waals surface area contributed by atoms with E-state index in [0.717, 1.165) is 4.47 Å². The highest BCUT2D eigenvalue weighted by Gasteiger charge is 2.24. The van der Waals surface area contributed by atoms with Crippen molar-refractivity contribution in [1.82, 2.24) is 4.90 Å². The van der Waals surface area contributed by atoms with Gasteiger partial charge in [-0.2, -0.15) is 0 Å². The van der Waals surface area contributed by atoms with E-state index in [-0.39, 0.29) is 11.3 Å². The minimum atomic E-state index is -0.976. The van der Waals surface area contributed by atoms with Gasteiger partial charge >= 0.3 is 5.97 Å². The second-order valence-corrected chi connectivity index (χ2v) is 6.37. The maximum absolute atomic E-state index is 12.7. The van der Waals surface area contributed by atoms with Crippen molar-refractivity contribution in [2.24, 2.45) is 0 Å². The van der Waals surface area contributed by atoms with Gasteiger partial charge in [-0.15, -0.1) is 0 Å². The third kappa shape index (κ3) is 4.76. The molecule has 8 heteroatoms. The molecule has 2 aromatic carbocycles. The molecule has 2 aromatic rings. The van der Waals surface area contributed by atoms with E-state index in [2.05, 4.69) is 15.9 Å². The van der Waals surface area contributed by atoms with Gasteiger partial charge in [-0.3, -0.25) is 14.9 Å². The molecule has 0 atom stereocenters. The number of ketones is 1. The second kappa shape index (κ2) is 8.39. The highest BCUT2D eigenvalue weighted by Crippen LogP contribution is 2.21. The summed E-state index contributed by atoms with van der Waals surface area (Å²) in [6.07, 6.45) is 1.34. The first kappa shape index (κ1) is 19.3. The molecular weight excluding hydrogens is 404 g/mol. The van der Waals surface area contributed by atoms with Crippen LogP contribution in [-0.4, -0.2) is 35.7 Å². The number of carbonyl (C=O) groups is 2. The summed E-state index contributed by atoms with van der Waals surface area (Å²) in [5, 5.41) is 11.1. The molecule has 0 aromatic heterocycles. The van der Waals surface area contributed by atoms with Gasteiger partial charge < -0.3 is 9.64 Å². The van der Waals surface area contributed by atoms with E-state index < -0.39 is 22.4 Å². The molecule has 2 rings (SSSR count). The van der Waals surface area contributed by atoms with Crippen molar-refractivity contribution < 1.29 is 19.2 Å². The number of esters is 1. The number of carbonyl (C=O) groups excluding carboxylic acids is 2. The van der Waals surface area contributed by atoms with Gasteiger partial charge in [0, 0.05) is 36.4 Å². The summed E-state index contributed by atoms with van der Waals surface area (Å²) in [7, 11) is 3.32. The number of ether oxygens (including phenoxy) is 1. The first-order valence-corrected chi connectivity index (χ1v) is 8.23. The zero-order valence-electron chi connectivity index (χ0n) is 14.0. The van der Waals surface area contributed by atoms with Gasteiger partial charge in [0.05, 0.1) is 4.92 Å². The standard InChI is InChI=1S/C18H15BrN2O5/c1-20(2)11-16(17(22)12-7-9-13(19)10-8-12)26-18(23)14-5-3-4-6-15(14)21(24)25/h3-11H,1-2H3/b16-11+. The van der Waals surface area contributed by atoms with Gasteiger partial charge in [-0.05, 0) is 30.3 Å². The Bertz CT molecular complexity index is 875. The fourth-order valence-electron chi connectivity index (χ4n) is 2.07. The quantitative estimate of drug-likeness (QED) is 0.177. The predicted molar refractivity (Wildman–Crippen MR) is 98.8 cm³/mol. The molecule has 0 saturated heterocycles. The summed E-state index contributed by atoms with van der Waals surface area (Å²) in [4.78, 5) is 37.0. The first-order valence-electron chi connectivity index (χ1n) is 7.43. The third-order valence-electron chi connectivity index (χ3n) is 3.23. The van der Waals surface area contributed by atoms with Crippen LogP contribution in [0.3, 0.4) is 0 Å². The van der Waals surface area contributed by atoms with Crippen LogP contribution in [-0.2, 0) is 4.74 Å². The SMILES string of the molecule is CN(C)/C=C(/OC(=O)c1ccccc1[N+](=O)[O-])C(=O)c1ccc(Br)cc1. The lowest BCUT2D eigenvalue weighted by Crippen LogP contribution is -2.17. The van der Waals surface area contributed by atoms with Crippen molar-refractivity contribution in [1.29, 1.82) is 0 Å². The maximum Gasteiger partial charge on any atom is 0.350 e. The van der Waals surface area contributed by atoms with Crippen molar-refractivity contribution in [3.8, 4) is 0 Å². The van der Waals surface area contributed by atoms with Crippen molar-refractivity contribution >= 4 is 33.4 Å². The summed E-state index contributed by atoms with van der Waals surface area (Å²) in [6.45, 7) is 0. The molecule has 0 amide bonds. The van der Waals surface area contributed by atoms with Crippen LogP contribution in [0.1, 0.15) is 20.7 Å². The number of nitro groups is 1. The molecule has 0 saturated carbocycles. The Morgan fingerprint density at radius 1 is 1.12 bits per heavy atom. The smallest absolute Gasteiger partial charge is 0.350 e. The predicted octanol–water partition coefficient (Wildman–Crippen LogP) is 3.80. The Kier molecular flexibility index (Phi) is 6.24. The normalized spacial score (nSPS) is 11.0. The molecule has 0 spiro atoms. The number of nitro benzene ring substituents is 1. The Labute approximate surface area is 158 Å². The number of para-hydroxylation sites is 1. The average molecular weight is 419 g/mol. The molecule has 0 N–H and O–H groups in total. The van der Waals surface area contributed by atoms with Gasteiger partial charge in [0.2, 0.25) is 5.78 Å². The zero-order chi connectivity index (χ0) is 19.3. The summed E-state index contributed by atoms with van der Waals surface area (Å²) < 4.78 is 5.99. The maximum atomic E-state index is 12.7. The molecule has 0 aliphatic rings. The van der Waals surface area contributed by atoms with Gasteiger partial charge in [0.25, 0.3) is 5.69 Å². The van der Waals surface area contributed by atoms with Crippen molar-refractivity contribution in [2.45, 2.75) is 0 Å².